The molecule has 1 aliphatic carbocycles. The molecule has 4 heterocycles. The zero-order valence-corrected chi connectivity index (χ0v) is 28.2. The number of phenols is 1. The number of carboxylic acid groups (broad SMARTS) is 1. The Labute approximate surface area is 285 Å². The molecule has 0 spiro atoms. The van der Waals surface area contributed by atoms with Gasteiger partial charge in [0.25, 0.3) is 5.91 Å². The summed E-state index contributed by atoms with van der Waals surface area (Å²) in [6.45, 7) is 9.11. The van der Waals surface area contributed by atoms with Gasteiger partial charge in [0, 0.05) is 38.3 Å². The van der Waals surface area contributed by atoms with Crippen molar-refractivity contribution in [3.63, 3.8) is 0 Å². The van der Waals surface area contributed by atoms with E-state index >= 15 is 8.78 Å². The van der Waals surface area contributed by atoms with Crippen LogP contribution in [0.15, 0.2) is 53.0 Å². The number of Topliss-reactive ketones (excluding diaryl/α,β-unsaturated/α-hetero) is 1. The van der Waals surface area contributed by atoms with Crippen LogP contribution in [-0.4, -0.2) is 78.0 Å². The number of aryl methyl sites for hydroxylation is 1. The SMILES string of the molecule is Cc1ccnc(C(C)C)c1-n1c(=O)nc(N2CCN(C(=O)C3=CC(C)(C(=O)O)CCC3=O)C[C@@H]2C)c2cc(F)c(-c3c(O)cccc3F)nc21. The van der Waals surface area contributed by atoms with Gasteiger partial charge in [-0.15, -0.1) is 0 Å². The van der Waals surface area contributed by atoms with Crippen molar-refractivity contribution in [3.8, 4) is 22.7 Å². The molecule has 50 heavy (non-hydrogen) atoms. The van der Waals surface area contributed by atoms with Gasteiger partial charge in [0.2, 0.25) is 0 Å². The van der Waals surface area contributed by atoms with Crippen LogP contribution in [0, 0.1) is 24.0 Å². The molecule has 3 aromatic heterocycles. The number of phenolic OH excluding ortho intramolecular Hbond substituents is 1. The molecule has 1 fully saturated rings. The number of anilines is 1. The number of piperazine rings is 1. The third-order valence-electron chi connectivity index (χ3n) is 9.50. The highest BCUT2D eigenvalue weighted by atomic mass is 19.1. The van der Waals surface area contributed by atoms with Crippen LogP contribution in [0.1, 0.15) is 57.7 Å². The number of halogens is 2. The minimum Gasteiger partial charge on any atom is -0.507 e. The normalized spacial score (nSPS) is 19.6. The topological polar surface area (TPSA) is 159 Å². The summed E-state index contributed by atoms with van der Waals surface area (Å²) < 4.78 is 32.3. The molecule has 2 atom stereocenters. The Hall–Kier alpha value is -5.53. The van der Waals surface area contributed by atoms with Gasteiger partial charge in [-0.2, -0.15) is 4.98 Å². The van der Waals surface area contributed by atoms with Gasteiger partial charge in [-0.3, -0.25) is 19.4 Å². The number of aromatic nitrogens is 4. The molecule has 1 unspecified atom stereocenters. The van der Waals surface area contributed by atoms with Gasteiger partial charge in [-0.1, -0.05) is 26.0 Å². The molecule has 6 rings (SSSR count). The number of nitrogens with zero attached hydrogens (tertiary/aromatic N) is 6. The smallest absolute Gasteiger partial charge is 0.355 e. The lowest BCUT2D eigenvalue weighted by atomic mass is 9.77. The fraction of sp³-hybridized carbons (Fsp3) is 0.361. The highest BCUT2D eigenvalue weighted by Gasteiger charge is 2.41. The van der Waals surface area contributed by atoms with Gasteiger partial charge >= 0.3 is 11.7 Å². The molecule has 1 saturated heterocycles. The lowest BCUT2D eigenvalue weighted by Gasteiger charge is -2.41. The number of benzene rings is 1. The van der Waals surface area contributed by atoms with Gasteiger partial charge in [0.05, 0.1) is 33.3 Å². The predicted octanol–water partition coefficient (Wildman–Crippen LogP) is 4.68. The molecule has 4 aromatic rings. The number of fused-ring (bicyclic) bond motifs is 1. The molecule has 1 aliphatic heterocycles. The second-order valence-corrected chi connectivity index (χ2v) is 13.4. The average molecular weight is 687 g/mol. The summed E-state index contributed by atoms with van der Waals surface area (Å²) in [5.41, 5.74) is -1.70. The maximum Gasteiger partial charge on any atom is 0.355 e. The van der Waals surface area contributed by atoms with Crippen molar-refractivity contribution in [2.75, 3.05) is 24.5 Å². The summed E-state index contributed by atoms with van der Waals surface area (Å²) >= 11 is 0. The van der Waals surface area contributed by atoms with Crippen molar-refractivity contribution in [1.82, 2.24) is 24.4 Å². The van der Waals surface area contributed by atoms with Gasteiger partial charge in [0.15, 0.2) is 17.2 Å². The largest absolute Gasteiger partial charge is 0.507 e. The lowest BCUT2D eigenvalue weighted by molar-refractivity contribution is -0.146. The fourth-order valence-corrected chi connectivity index (χ4v) is 6.69. The van der Waals surface area contributed by atoms with E-state index in [0.717, 1.165) is 12.1 Å². The summed E-state index contributed by atoms with van der Waals surface area (Å²) in [5, 5.41) is 20.4. The number of carboxylic acids is 1. The number of pyridine rings is 2. The first kappa shape index (κ1) is 34.3. The van der Waals surface area contributed by atoms with Crippen molar-refractivity contribution in [2.45, 2.75) is 59.4 Å². The summed E-state index contributed by atoms with van der Waals surface area (Å²) in [6, 6.07) is 5.85. The number of carbonyl (C=O) groups excluding carboxylic acids is 2. The molecule has 0 saturated carbocycles. The Morgan fingerprint density at radius 1 is 1.08 bits per heavy atom. The van der Waals surface area contributed by atoms with E-state index < -0.39 is 63.4 Å². The summed E-state index contributed by atoms with van der Waals surface area (Å²) in [7, 11) is 0. The lowest BCUT2D eigenvalue weighted by Crippen LogP contribution is -2.55. The molecule has 1 amide bonds. The quantitative estimate of drug-likeness (QED) is 0.273. The Balaban J connectivity index is 1.49. The molecule has 1 aromatic carbocycles. The van der Waals surface area contributed by atoms with Crippen molar-refractivity contribution >= 4 is 34.5 Å². The van der Waals surface area contributed by atoms with Crippen LogP contribution < -0.4 is 10.6 Å². The van der Waals surface area contributed by atoms with E-state index in [2.05, 4.69) is 15.0 Å². The molecule has 2 N–H and O–H groups in total. The molecule has 0 bridgehead atoms. The summed E-state index contributed by atoms with van der Waals surface area (Å²) in [4.78, 5) is 68.9. The zero-order valence-electron chi connectivity index (χ0n) is 28.2. The van der Waals surface area contributed by atoms with Gasteiger partial charge < -0.3 is 20.0 Å². The first-order valence-corrected chi connectivity index (χ1v) is 16.2. The van der Waals surface area contributed by atoms with Crippen LogP contribution >= 0.6 is 0 Å². The highest BCUT2D eigenvalue weighted by molar-refractivity contribution is 6.20. The molecular weight excluding hydrogens is 650 g/mol. The summed E-state index contributed by atoms with van der Waals surface area (Å²) in [5.74, 6) is -4.63. The van der Waals surface area contributed by atoms with Crippen LogP contribution in [0.2, 0.25) is 0 Å². The number of aliphatic carboxylic acids is 1. The standard InChI is InChI=1S/C36H36F2N6O6/c1-18(2)28-30(19(3)10-12-39-28)44-32-21(15-24(38)29(40-32)27-23(37)7-6-8-26(27)46)31(41-35(44)50)43-14-13-42(17-20(43)4)33(47)22-16-36(5,34(48)49)11-9-25(22)45/h6-8,10,12,15-16,18,20,46H,9,11,13-14,17H2,1-5H3,(H,48,49)/t20-,36?/m0/s1. The number of hydrogen-bond acceptors (Lipinski definition) is 9. The zero-order chi connectivity index (χ0) is 36.2. The minimum absolute atomic E-state index is 0.0475. The highest BCUT2D eigenvalue weighted by Crippen LogP contribution is 2.37. The van der Waals surface area contributed by atoms with Crippen molar-refractivity contribution in [1.29, 1.82) is 0 Å². The number of rotatable bonds is 6. The van der Waals surface area contributed by atoms with E-state index in [9.17, 15) is 29.4 Å². The van der Waals surface area contributed by atoms with E-state index in [1.165, 1.54) is 34.6 Å². The Kier molecular flexibility index (Phi) is 8.74. The van der Waals surface area contributed by atoms with E-state index in [-0.39, 0.29) is 60.8 Å². The summed E-state index contributed by atoms with van der Waals surface area (Å²) in [6.07, 6.45) is 2.87. The van der Waals surface area contributed by atoms with E-state index in [1.807, 2.05) is 13.8 Å². The maximum absolute atomic E-state index is 16.0. The first-order chi connectivity index (χ1) is 23.6. The number of carbonyl (C=O) groups is 3. The Bertz CT molecular complexity index is 2160. The van der Waals surface area contributed by atoms with Crippen molar-refractivity contribution in [3.05, 3.63) is 81.6 Å². The minimum atomic E-state index is -1.35. The maximum atomic E-state index is 16.0. The molecule has 12 nitrogen and oxygen atoms in total. The predicted molar refractivity (Wildman–Crippen MR) is 180 cm³/mol. The van der Waals surface area contributed by atoms with E-state index in [0.29, 0.717) is 16.9 Å². The molecule has 260 valence electrons. The number of amides is 1. The van der Waals surface area contributed by atoms with Crippen LogP contribution in [0.25, 0.3) is 28.0 Å². The Morgan fingerprint density at radius 2 is 1.82 bits per heavy atom. The van der Waals surface area contributed by atoms with Crippen LogP contribution in [0.3, 0.4) is 0 Å². The van der Waals surface area contributed by atoms with Crippen LogP contribution in [-0.2, 0) is 14.4 Å². The van der Waals surface area contributed by atoms with Crippen molar-refractivity contribution in [2.24, 2.45) is 5.41 Å². The fourth-order valence-electron chi connectivity index (χ4n) is 6.69. The molecule has 2 aliphatic rings. The van der Waals surface area contributed by atoms with E-state index in [1.54, 1.807) is 31.0 Å². The van der Waals surface area contributed by atoms with Gasteiger partial charge in [-0.05, 0) is 62.9 Å². The second-order valence-electron chi connectivity index (χ2n) is 13.4. The van der Waals surface area contributed by atoms with Crippen molar-refractivity contribution < 1.29 is 33.4 Å². The monoisotopic (exact) mass is 686 g/mol. The molecule has 14 heteroatoms. The van der Waals surface area contributed by atoms with Gasteiger partial charge in [0.1, 0.15) is 23.1 Å². The van der Waals surface area contributed by atoms with E-state index in [4.69, 9.17) is 0 Å². The molecule has 0 radical (unpaired) electrons. The Morgan fingerprint density at radius 3 is 2.48 bits per heavy atom. The third-order valence-corrected chi connectivity index (χ3v) is 9.50. The van der Waals surface area contributed by atoms with Gasteiger partial charge in [-0.25, -0.2) is 23.1 Å². The average Bonchev–Trinajstić information content (AvgIpc) is 3.06. The number of aromatic hydroxyl groups is 1. The third kappa shape index (κ3) is 5.77. The van der Waals surface area contributed by atoms with Crippen LogP contribution in [0.4, 0.5) is 14.6 Å². The number of ketones is 1. The second kappa shape index (κ2) is 12.7. The number of hydrogen-bond donors (Lipinski definition) is 2. The molecular formula is C36H36F2N6O6. The van der Waals surface area contributed by atoms with Crippen LogP contribution in [0.5, 0.6) is 5.75 Å². The first-order valence-electron chi connectivity index (χ1n) is 16.2.